The van der Waals surface area contributed by atoms with Crippen molar-refractivity contribution < 1.29 is 18.7 Å². The van der Waals surface area contributed by atoms with E-state index in [1.165, 1.54) is 12.1 Å². The summed E-state index contributed by atoms with van der Waals surface area (Å²) >= 11 is 5.61. The quantitative estimate of drug-likeness (QED) is 0.623. The Balaban J connectivity index is 1.68. The highest BCUT2D eigenvalue weighted by Gasteiger charge is 2.14. The third-order valence-corrected chi connectivity index (χ3v) is 3.71. The molecule has 2 rings (SSSR count). The highest BCUT2D eigenvalue weighted by Crippen LogP contribution is 2.19. The zero-order valence-electron chi connectivity index (χ0n) is 12.6. The van der Waals surface area contributed by atoms with Gasteiger partial charge in [0.05, 0.1) is 18.2 Å². The van der Waals surface area contributed by atoms with E-state index in [2.05, 4.69) is 15.5 Å². The summed E-state index contributed by atoms with van der Waals surface area (Å²) in [7, 11) is 0. The lowest BCUT2D eigenvalue weighted by Crippen LogP contribution is -2.39. The van der Waals surface area contributed by atoms with Crippen molar-refractivity contribution in [3.8, 4) is 0 Å². The van der Waals surface area contributed by atoms with Crippen LogP contribution in [0.3, 0.4) is 0 Å². The fourth-order valence-corrected chi connectivity index (χ4v) is 2.35. The van der Waals surface area contributed by atoms with Crippen LogP contribution in [0.2, 0.25) is 5.02 Å². The van der Waals surface area contributed by atoms with Crippen LogP contribution in [-0.4, -0.2) is 56.1 Å². The van der Waals surface area contributed by atoms with Gasteiger partial charge in [0.1, 0.15) is 5.82 Å². The van der Waals surface area contributed by atoms with Crippen molar-refractivity contribution in [3.05, 3.63) is 29.0 Å². The number of carbonyl (C=O) groups excluding carboxylic acids is 2. The topological polar surface area (TPSA) is 70.7 Å². The zero-order valence-corrected chi connectivity index (χ0v) is 13.4. The maximum absolute atomic E-state index is 13.0. The Bertz CT molecular complexity index is 565. The average molecular weight is 344 g/mol. The summed E-state index contributed by atoms with van der Waals surface area (Å²) in [4.78, 5) is 25.7. The molecule has 0 aliphatic carbocycles. The van der Waals surface area contributed by atoms with Crippen LogP contribution in [0.1, 0.15) is 6.42 Å². The van der Waals surface area contributed by atoms with Gasteiger partial charge in [-0.2, -0.15) is 0 Å². The van der Waals surface area contributed by atoms with E-state index in [4.69, 9.17) is 16.3 Å². The molecule has 6 nitrogen and oxygen atoms in total. The smallest absolute Gasteiger partial charge is 0.313 e. The first-order valence-corrected chi connectivity index (χ1v) is 7.78. The predicted octanol–water partition coefficient (Wildman–Crippen LogP) is 1.26. The number of amides is 2. The second kappa shape index (κ2) is 8.81. The molecule has 0 spiro atoms. The van der Waals surface area contributed by atoms with Crippen molar-refractivity contribution >= 4 is 29.1 Å². The van der Waals surface area contributed by atoms with Crippen molar-refractivity contribution in [2.24, 2.45) is 0 Å². The molecular formula is C15H19ClFN3O3. The molecule has 0 bridgehead atoms. The number of halogens is 2. The molecule has 2 amide bonds. The zero-order chi connectivity index (χ0) is 16.7. The Morgan fingerprint density at radius 2 is 2.00 bits per heavy atom. The standard InChI is InChI=1S/C15H19ClFN3O3/c16-12-10-11(2-3-13(12)17)19-15(22)14(21)18-4-1-5-20-6-8-23-9-7-20/h2-3,10H,1,4-9H2,(H,18,21)(H,19,22). The maximum Gasteiger partial charge on any atom is 0.313 e. The molecule has 8 heteroatoms. The summed E-state index contributed by atoms with van der Waals surface area (Å²) in [5, 5.41) is 4.81. The van der Waals surface area contributed by atoms with Crippen molar-refractivity contribution in [1.82, 2.24) is 10.2 Å². The number of ether oxygens (including phenoxy) is 1. The van der Waals surface area contributed by atoms with Crippen LogP contribution in [0.5, 0.6) is 0 Å². The predicted molar refractivity (Wildman–Crippen MR) is 84.9 cm³/mol. The lowest BCUT2D eigenvalue weighted by molar-refractivity contribution is -0.136. The van der Waals surface area contributed by atoms with Gasteiger partial charge in [-0.25, -0.2) is 4.39 Å². The van der Waals surface area contributed by atoms with Gasteiger partial charge in [-0.1, -0.05) is 11.6 Å². The SMILES string of the molecule is O=C(NCCCN1CCOCC1)C(=O)Nc1ccc(F)c(Cl)c1. The molecule has 1 aliphatic heterocycles. The van der Waals surface area contributed by atoms with Crippen LogP contribution in [0.4, 0.5) is 10.1 Å². The van der Waals surface area contributed by atoms with Crippen LogP contribution >= 0.6 is 11.6 Å². The largest absolute Gasteiger partial charge is 0.379 e. The first-order chi connectivity index (χ1) is 11.1. The molecule has 1 heterocycles. The van der Waals surface area contributed by atoms with E-state index < -0.39 is 17.6 Å². The molecule has 0 aromatic heterocycles. The molecule has 126 valence electrons. The van der Waals surface area contributed by atoms with Gasteiger partial charge in [-0.15, -0.1) is 0 Å². The molecule has 1 saturated heterocycles. The number of hydrogen-bond donors (Lipinski definition) is 2. The molecule has 1 fully saturated rings. The van der Waals surface area contributed by atoms with Crippen molar-refractivity contribution in [2.75, 3.05) is 44.7 Å². The average Bonchev–Trinajstić information content (AvgIpc) is 2.55. The minimum atomic E-state index is -0.806. The van der Waals surface area contributed by atoms with E-state index >= 15 is 0 Å². The molecule has 0 saturated carbocycles. The number of nitrogens with one attached hydrogen (secondary N) is 2. The summed E-state index contributed by atoms with van der Waals surface area (Å²) in [5.74, 6) is -2.12. The lowest BCUT2D eigenvalue weighted by Gasteiger charge is -2.26. The van der Waals surface area contributed by atoms with E-state index in [0.29, 0.717) is 6.54 Å². The molecule has 0 atom stereocenters. The van der Waals surface area contributed by atoms with Crippen LogP contribution in [0.15, 0.2) is 18.2 Å². The molecular weight excluding hydrogens is 325 g/mol. The van der Waals surface area contributed by atoms with E-state index in [1.807, 2.05) is 0 Å². The minimum absolute atomic E-state index is 0.117. The second-order valence-corrected chi connectivity index (χ2v) is 5.55. The number of carbonyl (C=O) groups is 2. The summed E-state index contributed by atoms with van der Waals surface area (Å²) in [6.07, 6.45) is 0.751. The van der Waals surface area contributed by atoms with Gasteiger partial charge in [0, 0.05) is 25.3 Å². The van der Waals surface area contributed by atoms with Gasteiger partial charge < -0.3 is 15.4 Å². The van der Waals surface area contributed by atoms with Gasteiger partial charge >= 0.3 is 11.8 Å². The Hall–Kier alpha value is -1.70. The summed E-state index contributed by atoms with van der Waals surface area (Å²) in [6.45, 7) is 4.50. The molecule has 1 aromatic rings. The van der Waals surface area contributed by atoms with Gasteiger partial charge in [-0.3, -0.25) is 14.5 Å². The molecule has 0 radical (unpaired) electrons. The molecule has 2 N–H and O–H groups in total. The van der Waals surface area contributed by atoms with Crippen LogP contribution < -0.4 is 10.6 Å². The van der Waals surface area contributed by atoms with Crippen molar-refractivity contribution in [1.29, 1.82) is 0 Å². The van der Waals surface area contributed by atoms with Crippen LogP contribution in [0, 0.1) is 5.82 Å². The Labute approximate surface area is 138 Å². The normalized spacial score (nSPS) is 15.2. The second-order valence-electron chi connectivity index (χ2n) is 5.15. The summed E-state index contributed by atoms with van der Waals surface area (Å²) < 4.78 is 18.3. The van der Waals surface area contributed by atoms with E-state index in [9.17, 15) is 14.0 Å². The van der Waals surface area contributed by atoms with E-state index in [0.717, 1.165) is 45.3 Å². The molecule has 23 heavy (non-hydrogen) atoms. The number of benzene rings is 1. The van der Waals surface area contributed by atoms with E-state index in [-0.39, 0.29) is 10.7 Å². The first kappa shape index (κ1) is 17.7. The first-order valence-electron chi connectivity index (χ1n) is 7.40. The molecule has 1 aromatic carbocycles. The lowest BCUT2D eigenvalue weighted by atomic mass is 10.3. The highest BCUT2D eigenvalue weighted by molar-refractivity contribution is 6.39. The van der Waals surface area contributed by atoms with Crippen molar-refractivity contribution in [2.45, 2.75) is 6.42 Å². The number of nitrogens with zero attached hydrogens (tertiary/aromatic N) is 1. The van der Waals surface area contributed by atoms with Crippen molar-refractivity contribution in [3.63, 3.8) is 0 Å². The Morgan fingerprint density at radius 1 is 1.26 bits per heavy atom. The number of anilines is 1. The fraction of sp³-hybridized carbons (Fsp3) is 0.467. The van der Waals surface area contributed by atoms with Crippen LogP contribution in [-0.2, 0) is 14.3 Å². The molecule has 0 unspecified atom stereocenters. The summed E-state index contributed by atoms with van der Waals surface area (Å²) in [6, 6.07) is 3.71. The summed E-state index contributed by atoms with van der Waals surface area (Å²) in [5.41, 5.74) is 0.268. The number of morpholine rings is 1. The van der Waals surface area contributed by atoms with Gasteiger partial charge in [-0.05, 0) is 31.2 Å². The highest BCUT2D eigenvalue weighted by atomic mass is 35.5. The van der Waals surface area contributed by atoms with Crippen LogP contribution in [0.25, 0.3) is 0 Å². The Kier molecular flexibility index (Phi) is 6.76. The monoisotopic (exact) mass is 343 g/mol. The molecule has 1 aliphatic rings. The Morgan fingerprint density at radius 3 is 2.70 bits per heavy atom. The fourth-order valence-electron chi connectivity index (χ4n) is 2.17. The van der Waals surface area contributed by atoms with Gasteiger partial charge in [0.25, 0.3) is 0 Å². The number of rotatable bonds is 5. The maximum atomic E-state index is 13.0. The minimum Gasteiger partial charge on any atom is -0.379 e. The third kappa shape index (κ3) is 5.78. The van der Waals surface area contributed by atoms with E-state index in [1.54, 1.807) is 0 Å². The van der Waals surface area contributed by atoms with Gasteiger partial charge in [0.2, 0.25) is 0 Å². The van der Waals surface area contributed by atoms with Gasteiger partial charge in [0.15, 0.2) is 0 Å². The third-order valence-electron chi connectivity index (χ3n) is 3.42. The number of hydrogen-bond acceptors (Lipinski definition) is 4.